The molecule has 0 unspecified atom stereocenters. The van der Waals surface area contributed by atoms with Crippen molar-refractivity contribution in [3.63, 3.8) is 0 Å². The summed E-state index contributed by atoms with van der Waals surface area (Å²) in [7, 11) is 0. The molecule has 7 nitrogen and oxygen atoms in total. The molecule has 0 aliphatic carbocycles. The molecule has 5 N–H and O–H groups in total. The predicted octanol–water partition coefficient (Wildman–Crippen LogP) is 5.32. The van der Waals surface area contributed by atoms with E-state index in [0.29, 0.717) is 11.6 Å². The highest BCUT2D eigenvalue weighted by Gasteiger charge is 2.24. The van der Waals surface area contributed by atoms with Crippen molar-refractivity contribution >= 4 is 57.4 Å². The van der Waals surface area contributed by atoms with Crippen LogP contribution in [-0.2, 0) is 4.84 Å². The van der Waals surface area contributed by atoms with Crippen molar-refractivity contribution in [1.29, 1.82) is 0 Å². The zero-order chi connectivity index (χ0) is 27.0. The minimum absolute atomic E-state index is 0.188. The third-order valence-electron chi connectivity index (χ3n) is 4.25. The Morgan fingerprint density at radius 2 is 1.72 bits per heavy atom. The lowest BCUT2D eigenvalue weighted by atomic mass is 10.1. The van der Waals surface area contributed by atoms with Gasteiger partial charge in [-0.05, 0) is 72.8 Å². The van der Waals surface area contributed by atoms with Crippen LogP contribution in [0.15, 0.2) is 54.6 Å². The summed E-state index contributed by atoms with van der Waals surface area (Å²) >= 11 is 8.07. The van der Waals surface area contributed by atoms with Gasteiger partial charge < -0.3 is 16.2 Å². The number of hydroxylamine groups is 1. The summed E-state index contributed by atoms with van der Waals surface area (Å²) in [6.45, 7) is 2.58. The van der Waals surface area contributed by atoms with Crippen LogP contribution in [0.25, 0.3) is 0 Å². The van der Waals surface area contributed by atoms with Crippen LogP contribution in [0, 0.1) is 21.0 Å². The molecule has 0 radical (unpaired) electrons. The van der Waals surface area contributed by atoms with E-state index in [2.05, 4.69) is 5.32 Å². The van der Waals surface area contributed by atoms with Gasteiger partial charge in [-0.25, -0.2) is 18.7 Å². The maximum Gasteiger partial charge on any atom is 0.277 e. The van der Waals surface area contributed by atoms with Crippen LogP contribution >= 0.6 is 34.2 Å². The Bertz CT molecular complexity index is 1240. The van der Waals surface area contributed by atoms with Crippen LogP contribution in [0.2, 0.25) is 5.02 Å². The molecule has 2 amide bonds. The maximum atomic E-state index is 14.3. The molecule has 0 saturated heterocycles. The van der Waals surface area contributed by atoms with E-state index >= 15 is 0 Å². The Labute approximate surface area is 223 Å². The van der Waals surface area contributed by atoms with Gasteiger partial charge in [-0.1, -0.05) is 29.8 Å². The quantitative estimate of drug-likeness (QED) is 0.159. The highest BCUT2D eigenvalue weighted by molar-refractivity contribution is 14.1. The molecule has 0 aliphatic heterocycles. The van der Waals surface area contributed by atoms with E-state index in [9.17, 15) is 27.9 Å². The zero-order valence-electron chi connectivity index (χ0n) is 19.0. The number of aliphatic hydroxyl groups is 1. The minimum Gasteiger partial charge on any atom is -0.388 e. The number of carbonyl (C=O) groups is 2. The highest BCUT2D eigenvalue weighted by atomic mass is 127. The van der Waals surface area contributed by atoms with E-state index in [4.69, 9.17) is 22.2 Å². The van der Waals surface area contributed by atoms with E-state index in [1.54, 1.807) is 36.4 Å². The molecule has 12 heteroatoms. The largest absolute Gasteiger partial charge is 0.388 e. The Morgan fingerprint density at radius 3 is 2.25 bits per heavy atom. The van der Waals surface area contributed by atoms with Gasteiger partial charge in [-0.3, -0.25) is 14.4 Å². The van der Waals surface area contributed by atoms with Gasteiger partial charge in [0.15, 0.2) is 17.5 Å². The molecule has 0 saturated carbocycles. The summed E-state index contributed by atoms with van der Waals surface area (Å²) < 4.78 is 42.4. The van der Waals surface area contributed by atoms with Gasteiger partial charge in [0.1, 0.15) is 6.61 Å². The SMILES string of the molecule is CC(C)(O)CONC(=O)c1cc(F)c(F)c(F)c1Nc1ccc(I)cc1Cl.NC(=O)c1ccccc1. The lowest BCUT2D eigenvalue weighted by Crippen LogP contribution is -2.33. The molecular weight excluding hydrogens is 614 g/mol. The average Bonchev–Trinajstić information content (AvgIpc) is 2.80. The van der Waals surface area contributed by atoms with Crippen LogP contribution in [0.5, 0.6) is 0 Å². The zero-order valence-corrected chi connectivity index (χ0v) is 22.0. The molecule has 0 spiro atoms. The molecule has 0 fully saturated rings. The van der Waals surface area contributed by atoms with E-state index < -0.39 is 40.2 Å². The molecule has 3 rings (SSSR count). The second-order valence-electron chi connectivity index (χ2n) is 7.92. The third-order valence-corrected chi connectivity index (χ3v) is 5.23. The number of nitrogens with one attached hydrogen (secondary N) is 2. The van der Waals surface area contributed by atoms with Gasteiger partial charge >= 0.3 is 0 Å². The summed E-state index contributed by atoms with van der Waals surface area (Å²) in [4.78, 5) is 27.5. The van der Waals surface area contributed by atoms with Crippen LogP contribution in [-0.4, -0.2) is 29.1 Å². The summed E-state index contributed by atoms with van der Waals surface area (Å²) in [6.07, 6.45) is 0. The second kappa shape index (κ2) is 12.9. The maximum absolute atomic E-state index is 14.3. The lowest BCUT2D eigenvalue weighted by Gasteiger charge is -2.18. The number of amides is 2. The number of rotatable bonds is 7. The molecule has 3 aromatic carbocycles. The highest BCUT2D eigenvalue weighted by Crippen LogP contribution is 2.32. The number of carbonyl (C=O) groups excluding carboxylic acids is 2. The molecule has 0 atom stereocenters. The lowest BCUT2D eigenvalue weighted by molar-refractivity contribution is -0.0522. The van der Waals surface area contributed by atoms with Crippen molar-refractivity contribution in [2.75, 3.05) is 11.9 Å². The summed E-state index contributed by atoms with van der Waals surface area (Å²) in [5.74, 6) is -6.29. The molecule has 0 aliphatic rings. The first kappa shape index (κ1) is 29.4. The predicted molar refractivity (Wildman–Crippen MR) is 138 cm³/mol. The van der Waals surface area contributed by atoms with Crippen LogP contribution in [0.3, 0.4) is 0 Å². The van der Waals surface area contributed by atoms with E-state index in [1.165, 1.54) is 19.9 Å². The summed E-state index contributed by atoms with van der Waals surface area (Å²) in [5, 5.41) is 12.3. The molecule has 0 heterocycles. The van der Waals surface area contributed by atoms with Gasteiger partial charge in [-0.2, -0.15) is 0 Å². The molecule has 36 heavy (non-hydrogen) atoms. The van der Waals surface area contributed by atoms with E-state index in [-0.39, 0.29) is 23.2 Å². The monoisotopic (exact) mass is 635 g/mol. The minimum atomic E-state index is -1.74. The Morgan fingerprint density at radius 1 is 1.08 bits per heavy atom. The Balaban J connectivity index is 0.000000425. The number of halogens is 5. The molecule has 0 bridgehead atoms. The van der Waals surface area contributed by atoms with Crippen molar-refractivity contribution < 1.29 is 32.7 Å². The molecule has 3 aromatic rings. The third kappa shape index (κ3) is 8.66. The van der Waals surface area contributed by atoms with Crippen LogP contribution in [0.1, 0.15) is 34.6 Å². The molecule has 192 valence electrons. The summed E-state index contributed by atoms with van der Waals surface area (Å²) in [6, 6.07) is 14.0. The number of nitrogens with two attached hydrogens (primary N) is 1. The fourth-order valence-corrected chi connectivity index (χ4v) is 3.46. The van der Waals surface area contributed by atoms with Crippen LogP contribution < -0.4 is 16.5 Å². The topological polar surface area (TPSA) is 114 Å². The molecule has 0 aromatic heterocycles. The van der Waals surface area contributed by atoms with Gasteiger partial charge in [0.25, 0.3) is 5.91 Å². The molecular formula is C24H22ClF3IN3O4. The smallest absolute Gasteiger partial charge is 0.277 e. The van der Waals surface area contributed by atoms with Gasteiger partial charge in [0.2, 0.25) is 5.91 Å². The number of benzene rings is 3. The van der Waals surface area contributed by atoms with Gasteiger partial charge in [0, 0.05) is 9.13 Å². The van der Waals surface area contributed by atoms with Crippen molar-refractivity contribution in [3.05, 3.63) is 91.8 Å². The number of primary amides is 1. The van der Waals surface area contributed by atoms with E-state index in [0.717, 1.165) is 3.57 Å². The Hall–Kier alpha value is -2.87. The van der Waals surface area contributed by atoms with Crippen LogP contribution in [0.4, 0.5) is 24.5 Å². The first-order valence-corrected chi connectivity index (χ1v) is 11.6. The van der Waals surface area contributed by atoms with Gasteiger partial charge in [-0.15, -0.1) is 0 Å². The Kier molecular flexibility index (Phi) is 10.5. The fourth-order valence-electron chi connectivity index (χ4n) is 2.56. The average molecular weight is 636 g/mol. The second-order valence-corrected chi connectivity index (χ2v) is 9.57. The first-order valence-electron chi connectivity index (χ1n) is 10.2. The number of anilines is 2. The van der Waals surface area contributed by atoms with Crippen molar-refractivity contribution in [2.45, 2.75) is 19.4 Å². The van der Waals surface area contributed by atoms with Gasteiger partial charge in [0.05, 0.1) is 27.6 Å². The van der Waals surface area contributed by atoms with Crippen molar-refractivity contribution in [1.82, 2.24) is 5.48 Å². The number of hydrogen-bond donors (Lipinski definition) is 4. The normalized spacial score (nSPS) is 10.8. The first-order chi connectivity index (χ1) is 16.8. The fraction of sp³-hybridized carbons (Fsp3) is 0.167. The van der Waals surface area contributed by atoms with E-state index in [1.807, 2.05) is 34.1 Å². The standard InChI is InChI=1S/C17H15ClF3IN2O3.C7H7NO/c1-17(2,26)7-27-24-16(25)9-6-11(19)13(20)14(21)15(9)23-12-4-3-8(22)5-10(12)18;8-7(9)6-4-2-1-3-5-6/h3-6,23,26H,7H2,1-2H3,(H,24,25);1-5H,(H2,8,9). The van der Waals surface area contributed by atoms with Crippen molar-refractivity contribution in [2.24, 2.45) is 5.73 Å². The van der Waals surface area contributed by atoms with Crippen molar-refractivity contribution in [3.8, 4) is 0 Å². The summed E-state index contributed by atoms with van der Waals surface area (Å²) in [5.41, 5.74) is 5.26. The number of hydrogen-bond acceptors (Lipinski definition) is 5.